The molecule has 0 bridgehead atoms. The molecule has 8 nitrogen and oxygen atoms in total. The Bertz CT molecular complexity index is 893. The van der Waals surface area contributed by atoms with Gasteiger partial charge in [0.2, 0.25) is 0 Å². The molecule has 5 heterocycles. The third kappa shape index (κ3) is 21.4. The van der Waals surface area contributed by atoms with E-state index in [4.69, 9.17) is 5.11 Å². The van der Waals surface area contributed by atoms with E-state index in [2.05, 4.69) is 126 Å². The van der Waals surface area contributed by atoms with Crippen LogP contribution in [-0.4, -0.2) is 149 Å². The maximum atomic E-state index is 9.83. The number of aliphatic hydroxyl groups is 2. The van der Waals surface area contributed by atoms with E-state index in [1.54, 1.807) is 0 Å². The second-order valence-electron chi connectivity index (χ2n) is 18.2. The molecule has 4 unspecified atom stereocenters. The number of likely N-dealkylation sites (tertiary alicyclic amines) is 4. The van der Waals surface area contributed by atoms with E-state index >= 15 is 0 Å². The summed E-state index contributed by atoms with van der Waals surface area (Å²) in [5.74, 6) is 2.82. The lowest BCUT2D eigenvalue weighted by Gasteiger charge is -2.41. The third-order valence-corrected chi connectivity index (χ3v) is 12.1. The molecule has 5 fully saturated rings. The molecule has 5 aliphatic rings. The van der Waals surface area contributed by atoms with Gasteiger partial charge in [0.1, 0.15) is 0 Å². The molecule has 53 heavy (non-hydrogen) atoms. The van der Waals surface area contributed by atoms with Crippen molar-refractivity contribution in [2.75, 3.05) is 72.1 Å². The minimum Gasteiger partial charge on any atom is -0.395 e. The zero-order valence-electron chi connectivity index (χ0n) is 36.6. The Kier molecular flexibility index (Phi) is 28.5. The van der Waals surface area contributed by atoms with Crippen molar-refractivity contribution in [3.63, 3.8) is 0 Å². The molecular formula is C45H98N6O2. The Morgan fingerprint density at radius 2 is 1.21 bits per heavy atom. The summed E-state index contributed by atoms with van der Waals surface area (Å²) in [5, 5.41) is 22.0. The van der Waals surface area contributed by atoms with Gasteiger partial charge in [-0.3, -0.25) is 9.80 Å². The predicted molar refractivity (Wildman–Crippen MR) is 236 cm³/mol. The number of hydrogen-bond acceptors (Lipinski definition) is 8. The smallest absolute Gasteiger partial charge is 0.0632 e. The molecule has 0 spiro atoms. The second kappa shape index (κ2) is 27.8. The largest absolute Gasteiger partial charge is 0.395 e. The Morgan fingerprint density at radius 1 is 0.698 bits per heavy atom. The molecular weight excluding hydrogens is 657 g/mol. The molecule has 0 aromatic rings. The molecule has 0 aromatic heterocycles. The van der Waals surface area contributed by atoms with E-state index in [9.17, 15) is 5.11 Å². The van der Waals surface area contributed by atoms with Crippen LogP contribution in [0, 0.1) is 17.8 Å². The first kappa shape index (κ1) is 54.4. The number of piperazine rings is 1. The third-order valence-electron chi connectivity index (χ3n) is 12.1. The first-order valence-electron chi connectivity index (χ1n) is 21.3. The van der Waals surface area contributed by atoms with Crippen LogP contribution < -0.4 is 5.32 Å². The highest BCUT2D eigenvalue weighted by Gasteiger charge is 2.28. The van der Waals surface area contributed by atoms with E-state index in [-0.39, 0.29) is 14.9 Å². The minimum absolute atomic E-state index is 0. The Balaban J connectivity index is 0. The van der Waals surface area contributed by atoms with E-state index < -0.39 is 5.60 Å². The number of rotatable bonds is 7. The quantitative estimate of drug-likeness (QED) is 0.240. The van der Waals surface area contributed by atoms with Gasteiger partial charge in [-0.1, -0.05) is 48.6 Å². The van der Waals surface area contributed by atoms with E-state index in [0.717, 1.165) is 87.5 Å². The van der Waals surface area contributed by atoms with Gasteiger partial charge in [-0.05, 0) is 139 Å². The highest BCUT2D eigenvalue weighted by Crippen LogP contribution is 2.24. The van der Waals surface area contributed by atoms with Gasteiger partial charge in [0.15, 0.2) is 0 Å². The molecule has 0 aliphatic carbocycles. The summed E-state index contributed by atoms with van der Waals surface area (Å²) in [5.41, 5.74) is 0.740. The summed E-state index contributed by atoms with van der Waals surface area (Å²) in [6.45, 7) is 47.4. The molecule has 4 atom stereocenters. The lowest BCUT2D eigenvalue weighted by Crippen LogP contribution is -2.49. The van der Waals surface area contributed by atoms with Gasteiger partial charge in [0.05, 0.1) is 12.2 Å². The fourth-order valence-electron chi connectivity index (χ4n) is 7.62. The number of nitrogens with zero attached hydrogens (tertiary/aromatic N) is 5. The monoisotopic (exact) mass is 755 g/mol. The SMILES string of the molecule is C.C.C=C1CN(C(C)C)CCN1.CC(C)N1CCCC(C)(O)CC1.CC(C)N1CCCC1CO.CC1CN(C(C)C)CC1C.CCC1CN(C(C)C)C1. The molecule has 0 amide bonds. The van der Waals surface area contributed by atoms with Crippen LogP contribution in [0.25, 0.3) is 0 Å². The summed E-state index contributed by atoms with van der Waals surface area (Å²) in [7, 11) is 0. The van der Waals surface area contributed by atoms with Crippen LogP contribution in [0.5, 0.6) is 0 Å². The van der Waals surface area contributed by atoms with Crippen molar-refractivity contribution in [2.45, 2.75) is 192 Å². The second-order valence-corrected chi connectivity index (χ2v) is 18.2. The molecule has 320 valence electrons. The molecule has 8 heteroatoms. The van der Waals surface area contributed by atoms with Crippen molar-refractivity contribution >= 4 is 0 Å². The van der Waals surface area contributed by atoms with Gasteiger partial charge in [-0.25, -0.2) is 0 Å². The topological polar surface area (TPSA) is 68.7 Å². The minimum atomic E-state index is -0.413. The van der Waals surface area contributed by atoms with E-state index in [1.807, 2.05) is 6.92 Å². The average Bonchev–Trinajstić information content (AvgIpc) is 3.60. The maximum Gasteiger partial charge on any atom is 0.0632 e. The highest BCUT2D eigenvalue weighted by molar-refractivity contribution is 4.98. The lowest BCUT2D eigenvalue weighted by molar-refractivity contribution is 0.0437. The van der Waals surface area contributed by atoms with E-state index in [0.29, 0.717) is 30.8 Å². The van der Waals surface area contributed by atoms with Crippen LogP contribution in [0.2, 0.25) is 0 Å². The summed E-state index contributed by atoms with van der Waals surface area (Å²) in [4.78, 5) is 12.3. The molecule has 5 aliphatic heterocycles. The molecule has 5 saturated heterocycles. The van der Waals surface area contributed by atoms with Crippen LogP contribution in [0.15, 0.2) is 12.3 Å². The first-order valence-corrected chi connectivity index (χ1v) is 21.3. The molecule has 0 radical (unpaired) electrons. The van der Waals surface area contributed by atoms with Gasteiger partial charge < -0.3 is 30.2 Å². The van der Waals surface area contributed by atoms with Crippen molar-refractivity contribution in [2.24, 2.45) is 17.8 Å². The fraction of sp³-hybridized carbons (Fsp3) is 0.956. The first-order chi connectivity index (χ1) is 23.8. The summed E-state index contributed by atoms with van der Waals surface area (Å²) in [6.07, 6.45) is 6.80. The highest BCUT2D eigenvalue weighted by atomic mass is 16.3. The number of aliphatic hydroxyl groups excluding tert-OH is 1. The van der Waals surface area contributed by atoms with Crippen LogP contribution in [0.1, 0.15) is 150 Å². The van der Waals surface area contributed by atoms with Crippen molar-refractivity contribution in [3.05, 3.63) is 12.3 Å². The summed E-state index contributed by atoms with van der Waals surface area (Å²) in [6, 6.07) is 3.83. The zero-order valence-corrected chi connectivity index (χ0v) is 36.6. The molecule has 5 rings (SSSR count). The predicted octanol–water partition coefficient (Wildman–Crippen LogP) is 8.29. The average molecular weight is 755 g/mol. The standard InChI is InChI=1S/C10H21NO.C9H19N.C8H16N2.C8H17NO.C8H17N.2CH4/c1-9(2)11-7-4-5-10(3,12)6-8-11;1-7(2)10-5-8(3)9(4)6-10;1-7(2)10-5-4-9-8(3)6-10;1-7(2)9-5-3-4-8(9)6-10;1-4-8-5-9(6-8)7(2)3;;/h9,12H,4-8H2,1-3H3;7-9H,5-6H2,1-4H3;7,9H,3-6H2,1-2H3;7-8,10H,3-6H2,1-2H3;7-8H,4-6H2,1-3H3;2*1H4. The Labute approximate surface area is 333 Å². The number of nitrogens with one attached hydrogen (secondary N) is 1. The van der Waals surface area contributed by atoms with Gasteiger partial charge in [-0.2, -0.15) is 0 Å². The maximum absolute atomic E-state index is 9.83. The molecule has 0 saturated carbocycles. The van der Waals surface area contributed by atoms with Crippen molar-refractivity contribution in [3.8, 4) is 0 Å². The van der Waals surface area contributed by atoms with Crippen LogP contribution in [-0.2, 0) is 0 Å². The van der Waals surface area contributed by atoms with Gasteiger partial charge >= 0.3 is 0 Å². The zero-order chi connectivity index (χ0) is 38.9. The molecule has 0 aromatic carbocycles. The van der Waals surface area contributed by atoms with Gasteiger partial charge in [-0.15, -0.1) is 0 Å². The number of hydrogen-bond donors (Lipinski definition) is 3. The van der Waals surface area contributed by atoms with Crippen LogP contribution in [0.3, 0.4) is 0 Å². The van der Waals surface area contributed by atoms with Crippen LogP contribution >= 0.6 is 0 Å². The Hall–Kier alpha value is -0.740. The fourth-order valence-corrected chi connectivity index (χ4v) is 7.62. The lowest BCUT2D eigenvalue weighted by atomic mass is 9.96. The van der Waals surface area contributed by atoms with Gasteiger partial charge in [0.25, 0.3) is 0 Å². The normalized spacial score (nSPS) is 27.6. The van der Waals surface area contributed by atoms with Crippen molar-refractivity contribution in [1.29, 1.82) is 0 Å². The summed E-state index contributed by atoms with van der Waals surface area (Å²) < 4.78 is 0. The van der Waals surface area contributed by atoms with Crippen molar-refractivity contribution in [1.82, 2.24) is 29.8 Å². The molecule has 3 N–H and O–H groups in total. The Morgan fingerprint density at radius 3 is 1.58 bits per heavy atom. The summed E-state index contributed by atoms with van der Waals surface area (Å²) >= 11 is 0. The van der Waals surface area contributed by atoms with Crippen molar-refractivity contribution < 1.29 is 10.2 Å². The van der Waals surface area contributed by atoms with E-state index in [1.165, 1.54) is 52.0 Å². The van der Waals surface area contributed by atoms with Crippen LogP contribution in [0.4, 0.5) is 0 Å². The van der Waals surface area contributed by atoms with Gasteiger partial charge in [0, 0.05) is 94.3 Å².